The largest absolute Gasteiger partial charge is 0.352 e. The first-order valence-electron chi connectivity index (χ1n) is 14.2. The van der Waals surface area contributed by atoms with Gasteiger partial charge in [0.25, 0.3) is 10.0 Å². The van der Waals surface area contributed by atoms with Crippen LogP contribution in [0, 0.1) is 18.6 Å². The normalized spacial score (nSPS) is 12.0. The van der Waals surface area contributed by atoms with E-state index in [0.717, 1.165) is 21.5 Å². The summed E-state index contributed by atoms with van der Waals surface area (Å²) in [6, 6.07) is 24.6. The highest BCUT2D eigenvalue weighted by atomic mass is 32.2. The van der Waals surface area contributed by atoms with Crippen molar-refractivity contribution in [2.75, 3.05) is 10.8 Å². The molecular weight excluding hydrogens is 584 g/mol. The second-order valence-electron chi connectivity index (χ2n) is 10.8. The van der Waals surface area contributed by atoms with Crippen molar-refractivity contribution in [2.24, 2.45) is 0 Å². The number of halogens is 2. The van der Waals surface area contributed by atoms with E-state index in [9.17, 15) is 22.4 Å². The molecule has 0 spiro atoms. The Morgan fingerprint density at radius 3 is 2.02 bits per heavy atom. The molecule has 0 aromatic heterocycles. The number of aryl methyl sites for hydroxylation is 1. The smallest absolute Gasteiger partial charge is 0.264 e. The standard InChI is InChI=1S/C34H35F2N3O4S/c1-24(2)37-34(41)32(21-26-9-5-4-6-10-26)38(22-27-15-17-28(35)18-16-27)33(40)23-39(31-12-8-7-11-30(31)36)44(42,43)29-19-13-25(3)14-20-29/h4-20,24,32H,21-23H2,1-3H3,(H,37,41)/t32-/m1/s1. The number of rotatable bonds is 12. The Bertz CT molecular complexity index is 1680. The molecule has 0 heterocycles. The molecule has 0 fully saturated rings. The van der Waals surface area contributed by atoms with E-state index >= 15 is 4.39 Å². The summed E-state index contributed by atoms with van der Waals surface area (Å²) < 4.78 is 57.6. The molecule has 0 radical (unpaired) electrons. The zero-order valence-electron chi connectivity index (χ0n) is 24.8. The van der Waals surface area contributed by atoms with Crippen LogP contribution in [0.4, 0.5) is 14.5 Å². The Balaban J connectivity index is 1.81. The highest BCUT2D eigenvalue weighted by Crippen LogP contribution is 2.27. The minimum absolute atomic E-state index is 0.122. The topological polar surface area (TPSA) is 86.8 Å². The first kappa shape index (κ1) is 32.3. The molecule has 4 aromatic carbocycles. The Kier molecular flexibility index (Phi) is 10.5. The molecule has 7 nitrogen and oxygen atoms in total. The van der Waals surface area contributed by atoms with Crippen LogP contribution in [0.25, 0.3) is 0 Å². The minimum atomic E-state index is -4.43. The lowest BCUT2D eigenvalue weighted by molar-refractivity contribution is -0.140. The van der Waals surface area contributed by atoms with E-state index in [2.05, 4.69) is 5.32 Å². The predicted molar refractivity (Wildman–Crippen MR) is 166 cm³/mol. The van der Waals surface area contributed by atoms with Gasteiger partial charge in [-0.1, -0.05) is 72.3 Å². The fourth-order valence-electron chi connectivity index (χ4n) is 4.73. The summed E-state index contributed by atoms with van der Waals surface area (Å²) in [4.78, 5) is 29.1. The highest BCUT2D eigenvalue weighted by Gasteiger charge is 2.35. The summed E-state index contributed by atoms with van der Waals surface area (Å²) in [6.45, 7) is 4.46. The van der Waals surface area contributed by atoms with Crippen molar-refractivity contribution < 1.29 is 26.8 Å². The molecule has 0 aliphatic rings. The zero-order chi connectivity index (χ0) is 31.9. The molecule has 1 atom stereocenters. The van der Waals surface area contributed by atoms with Gasteiger partial charge in [0, 0.05) is 19.0 Å². The van der Waals surface area contributed by atoms with Crippen molar-refractivity contribution in [3.63, 3.8) is 0 Å². The highest BCUT2D eigenvalue weighted by molar-refractivity contribution is 7.92. The molecule has 0 aliphatic heterocycles. The Hall–Kier alpha value is -4.57. The molecule has 2 amide bonds. The lowest BCUT2D eigenvalue weighted by atomic mass is 10.0. The van der Waals surface area contributed by atoms with Crippen LogP contribution in [-0.4, -0.2) is 43.8 Å². The van der Waals surface area contributed by atoms with Gasteiger partial charge in [0.2, 0.25) is 11.8 Å². The number of nitrogens with zero attached hydrogens (tertiary/aromatic N) is 2. The number of nitrogens with one attached hydrogen (secondary N) is 1. The van der Waals surface area contributed by atoms with E-state index in [0.29, 0.717) is 5.56 Å². The molecule has 0 saturated heterocycles. The van der Waals surface area contributed by atoms with Crippen LogP contribution in [0.15, 0.2) is 108 Å². The molecule has 4 aromatic rings. The fourth-order valence-corrected chi connectivity index (χ4v) is 6.15. The Morgan fingerprint density at radius 2 is 1.41 bits per heavy atom. The average Bonchev–Trinajstić information content (AvgIpc) is 2.99. The van der Waals surface area contributed by atoms with Gasteiger partial charge in [-0.15, -0.1) is 0 Å². The average molecular weight is 620 g/mol. The zero-order valence-corrected chi connectivity index (χ0v) is 25.6. The van der Waals surface area contributed by atoms with Crippen LogP contribution in [0.5, 0.6) is 0 Å². The minimum Gasteiger partial charge on any atom is -0.352 e. The van der Waals surface area contributed by atoms with E-state index in [-0.39, 0.29) is 29.6 Å². The maximum Gasteiger partial charge on any atom is 0.264 e. The fraction of sp³-hybridized carbons (Fsp3) is 0.235. The van der Waals surface area contributed by atoms with Gasteiger partial charge < -0.3 is 10.2 Å². The van der Waals surface area contributed by atoms with Crippen LogP contribution in [0.3, 0.4) is 0 Å². The summed E-state index contributed by atoms with van der Waals surface area (Å²) in [5.74, 6) is -2.49. The van der Waals surface area contributed by atoms with Crippen molar-refractivity contribution in [2.45, 2.75) is 50.7 Å². The number of benzene rings is 4. The van der Waals surface area contributed by atoms with E-state index in [1.807, 2.05) is 30.3 Å². The van der Waals surface area contributed by atoms with Crippen molar-refractivity contribution >= 4 is 27.5 Å². The van der Waals surface area contributed by atoms with Gasteiger partial charge in [0.05, 0.1) is 10.6 Å². The quantitative estimate of drug-likeness (QED) is 0.223. The molecule has 44 heavy (non-hydrogen) atoms. The lowest BCUT2D eigenvalue weighted by Crippen LogP contribution is -2.54. The number of anilines is 1. The maximum atomic E-state index is 15.2. The van der Waals surface area contributed by atoms with Crippen molar-refractivity contribution in [1.82, 2.24) is 10.2 Å². The van der Waals surface area contributed by atoms with E-state index in [1.54, 1.807) is 32.9 Å². The van der Waals surface area contributed by atoms with E-state index < -0.39 is 46.1 Å². The van der Waals surface area contributed by atoms with E-state index in [1.165, 1.54) is 59.5 Å². The summed E-state index contributed by atoms with van der Waals surface area (Å²) in [7, 11) is -4.43. The first-order valence-corrected chi connectivity index (χ1v) is 15.6. The maximum absolute atomic E-state index is 15.2. The molecule has 230 valence electrons. The van der Waals surface area contributed by atoms with Gasteiger partial charge >= 0.3 is 0 Å². The predicted octanol–water partition coefficient (Wildman–Crippen LogP) is 5.63. The number of hydrogen-bond acceptors (Lipinski definition) is 4. The summed E-state index contributed by atoms with van der Waals surface area (Å²) in [6.07, 6.45) is 0.122. The molecule has 0 bridgehead atoms. The molecule has 0 aliphatic carbocycles. The number of sulfonamides is 1. The second-order valence-corrected chi connectivity index (χ2v) is 12.7. The molecular formula is C34H35F2N3O4S. The molecule has 1 N–H and O–H groups in total. The third kappa shape index (κ3) is 8.08. The summed E-state index contributed by atoms with van der Waals surface area (Å²) in [5, 5.41) is 2.86. The Labute approximate surface area is 257 Å². The van der Waals surface area contributed by atoms with Gasteiger partial charge in [-0.3, -0.25) is 13.9 Å². The second kappa shape index (κ2) is 14.3. The van der Waals surface area contributed by atoms with Gasteiger partial charge in [-0.05, 0) is 68.3 Å². The molecule has 0 saturated carbocycles. The number of para-hydroxylation sites is 1. The van der Waals surface area contributed by atoms with Crippen molar-refractivity contribution in [3.05, 3.63) is 131 Å². The van der Waals surface area contributed by atoms with Gasteiger partial charge in [-0.25, -0.2) is 17.2 Å². The van der Waals surface area contributed by atoms with Gasteiger partial charge in [0.15, 0.2) is 0 Å². The molecule has 10 heteroatoms. The van der Waals surface area contributed by atoms with Crippen LogP contribution < -0.4 is 9.62 Å². The monoisotopic (exact) mass is 619 g/mol. The third-order valence-corrected chi connectivity index (χ3v) is 8.75. The van der Waals surface area contributed by atoms with Gasteiger partial charge in [0.1, 0.15) is 24.2 Å². The number of carbonyl (C=O) groups is 2. The molecule has 4 rings (SSSR count). The van der Waals surface area contributed by atoms with E-state index in [4.69, 9.17) is 0 Å². The van der Waals surface area contributed by atoms with Gasteiger partial charge in [-0.2, -0.15) is 0 Å². The third-order valence-electron chi connectivity index (χ3n) is 6.98. The van der Waals surface area contributed by atoms with Crippen LogP contribution in [-0.2, 0) is 32.6 Å². The van der Waals surface area contributed by atoms with Crippen LogP contribution >= 0.6 is 0 Å². The SMILES string of the molecule is Cc1ccc(S(=O)(=O)N(CC(=O)N(Cc2ccc(F)cc2)[C@H](Cc2ccccc2)C(=O)NC(C)C)c2ccccc2F)cc1. The summed E-state index contributed by atoms with van der Waals surface area (Å²) in [5.41, 5.74) is 1.80. The number of hydrogen-bond donors (Lipinski definition) is 1. The number of amides is 2. The first-order chi connectivity index (χ1) is 21.0. The molecule has 0 unspecified atom stereocenters. The Morgan fingerprint density at radius 1 is 0.795 bits per heavy atom. The summed E-state index contributed by atoms with van der Waals surface area (Å²) >= 11 is 0. The van der Waals surface area contributed by atoms with Crippen LogP contribution in [0.1, 0.15) is 30.5 Å². The van der Waals surface area contributed by atoms with Crippen molar-refractivity contribution in [3.8, 4) is 0 Å². The number of carbonyl (C=O) groups excluding carboxylic acids is 2. The van der Waals surface area contributed by atoms with Crippen molar-refractivity contribution in [1.29, 1.82) is 0 Å². The van der Waals surface area contributed by atoms with Crippen LogP contribution in [0.2, 0.25) is 0 Å². The lowest BCUT2D eigenvalue weighted by Gasteiger charge is -2.34.